The van der Waals surface area contributed by atoms with Crippen molar-refractivity contribution in [1.29, 1.82) is 0 Å². The van der Waals surface area contributed by atoms with E-state index in [-0.39, 0.29) is 36.0 Å². The Bertz CT molecular complexity index is 1190. The van der Waals surface area contributed by atoms with E-state index in [2.05, 4.69) is 9.71 Å². The molecule has 0 radical (unpaired) electrons. The average molecular weight is 406 g/mol. The van der Waals surface area contributed by atoms with Crippen LogP contribution in [0.25, 0.3) is 0 Å². The smallest absolute Gasteiger partial charge is 0.330 e. The first kappa shape index (κ1) is 19.5. The maximum absolute atomic E-state index is 12.0. The summed E-state index contributed by atoms with van der Waals surface area (Å²) in [4.78, 5) is 39.7. The molecule has 1 aliphatic heterocycles. The van der Waals surface area contributed by atoms with Crippen LogP contribution in [0.2, 0.25) is 0 Å². The molecule has 1 aromatic carbocycles. The number of esters is 1. The van der Waals surface area contributed by atoms with E-state index in [9.17, 15) is 22.8 Å². The Morgan fingerprint density at radius 3 is 2.64 bits per heavy atom. The van der Waals surface area contributed by atoms with Crippen molar-refractivity contribution in [2.24, 2.45) is 19.1 Å². The molecule has 0 spiro atoms. The highest BCUT2D eigenvalue weighted by molar-refractivity contribution is 7.90. The summed E-state index contributed by atoms with van der Waals surface area (Å²) >= 11 is 0. The quantitative estimate of drug-likeness (QED) is 0.651. The van der Waals surface area contributed by atoms with E-state index in [1.807, 2.05) is 0 Å². The number of carbonyl (C=O) groups excluding carboxylic acids is 1. The third kappa shape index (κ3) is 3.74. The molecule has 148 valence electrons. The lowest BCUT2D eigenvalue weighted by Crippen LogP contribution is -2.38. The molecule has 0 unspecified atom stereocenters. The fourth-order valence-electron chi connectivity index (χ4n) is 2.65. The third-order valence-corrected chi connectivity index (χ3v) is 5.65. The van der Waals surface area contributed by atoms with Gasteiger partial charge in [-0.1, -0.05) is 12.1 Å². The molecule has 0 aliphatic carbocycles. The SMILES string of the molecule is Cn1c(COC(=O)CCN=C2NS(=O)(=O)c3ccccc32)cc(=O)n(C)c1=O. The minimum absolute atomic E-state index is 0.0144. The van der Waals surface area contributed by atoms with E-state index in [1.165, 1.54) is 30.8 Å². The van der Waals surface area contributed by atoms with Gasteiger partial charge in [-0.3, -0.25) is 28.4 Å². The number of aliphatic imine (C=N–C) groups is 1. The second kappa shape index (κ2) is 7.43. The van der Waals surface area contributed by atoms with Crippen molar-refractivity contribution in [2.75, 3.05) is 6.54 Å². The highest BCUT2D eigenvalue weighted by atomic mass is 32.2. The van der Waals surface area contributed by atoms with Gasteiger partial charge < -0.3 is 4.74 Å². The van der Waals surface area contributed by atoms with Gasteiger partial charge in [0.25, 0.3) is 15.6 Å². The van der Waals surface area contributed by atoms with Crippen molar-refractivity contribution >= 4 is 21.8 Å². The summed E-state index contributed by atoms with van der Waals surface area (Å²) < 4.78 is 33.6. The summed E-state index contributed by atoms with van der Waals surface area (Å²) in [5.41, 5.74) is -0.291. The van der Waals surface area contributed by atoms with Crippen LogP contribution >= 0.6 is 0 Å². The maximum Gasteiger partial charge on any atom is 0.330 e. The molecule has 0 fully saturated rings. The van der Waals surface area contributed by atoms with Crippen LogP contribution < -0.4 is 16.0 Å². The number of nitrogens with one attached hydrogen (secondary N) is 1. The van der Waals surface area contributed by atoms with Gasteiger partial charge in [0.2, 0.25) is 0 Å². The van der Waals surface area contributed by atoms with Gasteiger partial charge in [0.15, 0.2) is 0 Å². The van der Waals surface area contributed by atoms with Crippen molar-refractivity contribution in [3.8, 4) is 0 Å². The zero-order valence-electron chi connectivity index (χ0n) is 15.2. The molecule has 0 saturated carbocycles. The molecule has 2 heterocycles. The van der Waals surface area contributed by atoms with Crippen molar-refractivity contribution in [2.45, 2.75) is 17.9 Å². The number of hydrogen-bond acceptors (Lipinski definition) is 7. The topological polar surface area (TPSA) is 129 Å². The van der Waals surface area contributed by atoms with Gasteiger partial charge >= 0.3 is 11.7 Å². The van der Waals surface area contributed by atoms with Gasteiger partial charge in [-0.2, -0.15) is 0 Å². The summed E-state index contributed by atoms with van der Waals surface area (Å²) in [6.07, 6.45) is -0.0911. The van der Waals surface area contributed by atoms with Crippen LogP contribution in [-0.2, 0) is 40.3 Å². The van der Waals surface area contributed by atoms with E-state index >= 15 is 0 Å². The molecule has 0 amide bonds. The molecular formula is C17H18N4O6S. The minimum Gasteiger partial charge on any atom is -0.459 e. The fraction of sp³-hybridized carbons (Fsp3) is 0.294. The number of hydrogen-bond donors (Lipinski definition) is 1. The molecule has 3 rings (SSSR count). The van der Waals surface area contributed by atoms with Crippen molar-refractivity contribution < 1.29 is 17.9 Å². The number of rotatable bonds is 5. The van der Waals surface area contributed by atoms with Crippen molar-refractivity contribution in [3.05, 3.63) is 62.4 Å². The highest BCUT2D eigenvalue weighted by Gasteiger charge is 2.29. The van der Waals surface area contributed by atoms with Gasteiger partial charge in [0, 0.05) is 25.7 Å². The van der Waals surface area contributed by atoms with E-state index < -0.39 is 27.2 Å². The van der Waals surface area contributed by atoms with Crippen molar-refractivity contribution in [3.63, 3.8) is 0 Å². The molecule has 10 nitrogen and oxygen atoms in total. The lowest BCUT2D eigenvalue weighted by Gasteiger charge is -2.09. The van der Waals surface area contributed by atoms with Gasteiger partial charge in [0.05, 0.1) is 23.6 Å². The Labute approximate surface area is 160 Å². The standard InChI is InChI=1S/C17H18N4O6S/c1-20-11(9-14(22)21(2)17(20)24)10-27-15(23)7-8-18-16-12-5-3-4-6-13(12)28(25,26)19-16/h3-6,9H,7-8,10H2,1-2H3,(H,18,19). The Morgan fingerprint density at radius 1 is 1.18 bits per heavy atom. The van der Waals surface area contributed by atoms with Crippen LogP contribution in [0.3, 0.4) is 0 Å². The molecule has 0 atom stereocenters. The van der Waals surface area contributed by atoms with Crippen LogP contribution in [0.5, 0.6) is 0 Å². The number of fused-ring (bicyclic) bond motifs is 1. The maximum atomic E-state index is 12.0. The summed E-state index contributed by atoms with van der Waals surface area (Å²) in [5, 5.41) is 0. The second-order valence-corrected chi connectivity index (χ2v) is 7.77. The minimum atomic E-state index is -3.63. The van der Waals surface area contributed by atoms with Gasteiger partial charge in [-0.15, -0.1) is 0 Å². The van der Waals surface area contributed by atoms with Crippen LogP contribution in [0.4, 0.5) is 0 Å². The van der Waals surface area contributed by atoms with E-state index in [1.54, 1.807) is 18.2 Å². The number of benzene rings is 1. The monoisotopic (exact) mass is 406 g/mol. The van der Waals surface area contributed by atoms with Crippen LogP contribution in [0.1, 0.15) is 17.7 Å². The first-order chi connectivity index (χ1) is 13.2. The van der Waals surface area contributed by atoms with Crippen molar-refractivity contribution in [1.82, 2.24) is 13.9 Å². The predicted molar refractivity (Wildman–Crippen MR) is 99.5 cm³/mol. The summed E-state index contributed by atoms with van der Waals surface area (Å²) in [6, 6.07) is 7.63. The number of sulfonamides is 1. The van der Waals surface area contributed by atoms with Crippen LogP contribution in [0.15, 0.2) is 49.8 Å². The number of carbonyl (C=O) groups is 1. The van der Waals surface area contributed by atoms with Gasteiger partial charge in [-0.05, 0) is 12.1 Å². The number of ether oxygens (including phenoxy) is 1. The Morgan fingerprint density at radius 2 is 1.89 bits per heavy atom. The molecule has 0 bridgehead atoms. The number of amidine groups is 1. The van der Waals surface area contributed by atoms with Gasteiger partial charge in [-0.25, -0.2) is 13.2 Å². The molecule has 28 heavy (non-hydrogen) atoms. The zero-order valence-corrected chi connectivity index (χ0v) is 16.0. The Balaban J connectivity index is 1.61. The fourth-order valence-corrected chi connectivity index (χ4v) is 3.90. The summed E-state index contributed by atoms with van der Waals surface area (Å²) in [6.45, 7) is -0.215. The molecule has 11 heteroatoms. The second-order valence-electron chi connectivity index (χ2n) is 6.12. The normalized spacial score (nSPS) is 15.9. The van der Waals surface area contributed by atoms with Gasteiger partial charge in [0.1, 0.15) is 12.4 Å². The molecule has 1 N–H and O–H groups in total. The lowest BCUT2D eigenvalue weighted by molar-refractivity contribution is -0.144. The van der Waals surface area contributed by atoms with Crippen LogP contribution in [0, 0.1) is 0 Å². The number of nitrogens with zero attached hydrogens (tertiary/aromatic N) is 3. The Kier molecular flexibility index (Phi) is 5.18. The lowest BCUT2D eigenvalue weighted by atomic mass is 10.2. The van der Waals surface area contributed by atoms with E-state index in [0.29, 0.717) is 5.56 Å². The molecule has 1 aromatic heterocycles. The summed E-state index contributed by atoms with van der Waals surface area (Å²) in [7, 11) is -0.800. The third-order valence-electron chi connectivity index (χ3n) is 4.25. The van der Waals surface area contributed by atoms with E-state index in [0.717, 1.165) is 4.57 Å². The highest BCUT2D eigenvalue weighted by Crippen LogP contribution is 2.22. The molecule has 1 aliphatic rings. The average Bonchev–Trinajstić information content (AvgIpc) is 2.92. The number of aromatic nitrogens is 2. The predicted octanol–water partition coefficient (Wildman–Crippen LogP) is -0.744. The molecular weight excluding hydrogens is 388 g/mol. The molecule has 0 saturated heterocycles. The Hall–Kier alpha value is -3.21. The summed E-state index contributed by atoms with van der Waals surface area (Å²) in [5.74, 6) is -0.413. The zero-order chi connectivity index (χ0) is 20.5. The van der Waals surface area contributed by atoms with Crippen LogP contribution in [-0.4, -0.2) is 35.9 Å². The largest absolute Gasteiger partial charge is 0.459 e. The first-order valence-corrected chi connectivity index (χ1v) is 9.77. The first-order valence-electron chi connectivity index (χ1n) is 8.29. The molecule has 2 aromatic rings. The van der Waals surface area contributed by atoms with E-state index in [4.69, 9.17) is 4.74 Å².